The molecule has 112 valence electrons. The van der Waals surface area contributed by atoms with Gasteiger partial charge in [0.25, 0.3) is 0 Å². The average Bonchev–Trinajstić information content (AvgIpc) is 2.47. The molecular weight excluding hydrogens is 250 g/mol. The molecule has 1 unspecified atom stereocenters. The highest BCUT2D eigenvalue weighted by atomic mass is 16.5. The van der Waals surface area contributed by atoms with Gasteiger partial charge in [0.05, 0.1) is 13.2 Å². The van der Waals surface area contributed by atoms with E-state index < -0.39 is 0 Å². The van der Waals surface area contributed by atoms with Crippen LogP contribution in [0.15, 0.2) is 30.9 Å². The smallest absolute Gasteiger partial charge is 0.126 e. The predicted molar refractivity (Wildman–Crippen MR) is 84.5 cm³/mol. The van der Waals surface area contributed by atoms with Gasteiger partial charge in [0.2, 0.25) is 0 Å². The van der Waals surface area contributed by atoms with Gasteiger partial charge in [0.15, 0.2) is 0 Å². The summed E-state index contributed by atoms with van der Waals surface area (Å²) in [5, 5.41) is 0. The molecule has 0 aliphatic rings. The summed E-state index contributed by atoms with van der Waals surface area (Å²) in [5.41, 5.74) is 7.19. The number of hydrogen-bond acceptors (Lipinski definition) is 3. The molecule has 0 radical (unpaired) electrons. The molecule has 0 saturated carbocycles. The van der Waals surface area contributed by atoms with Crippen molar-refractivity contribution in [2.24, 2.45) is 5.73 Å². The normalized spacial score (nSPS) is 11.9. The molecule has 0 heterocycles. The number of ether oxygens (including phenoxy) is 2. The molecule has 0 saturated heterocycles. The highest BCUT2D eigenvalue weighted by Gasteiger charge is 2.09. The fourth-order valence-corrected chi connectivity index (χ4v) is 1.83. The van der Waals surface area contributed by atoms with E-state index in [9.17, 15) is 0 Å². The van der Waals surface area contributed by atoms with Gasteiger partial charge >= 0.3 is 0 Å². The maximum Gasteiger partial charge on any atom is 0.126 e. The zero-order valence-electron chi connectivity index (χ0n) is 12.7. The summed E-state index contributed by atoms with van der Waals surface area (Å²) < 4.78 is 11.5. The van der Waals surface area contributed by atoms with E-state index in [0.29, 0.717) is 6.61 Å². The van der Waals surface area contributed by atoms with Crippen LogP contribution in [0.2, 0.25) is 0 Å². The van der Waals surface area contributed by atoms with Gasteiger partial charge in [-0.15, -0.1) is 6.58 Å². The Hall–Kier alpha value is -1.48. The molecule has 1 aromatic carbocycles. The number of rotatable bonds is 10. The standard InChI is InChI=1S/C17H27NO2/c1-4-7-11-20-17-13-16(19-10-5-2)9-8-14(17)12-15(18)6-3/h4,8-9,13,15H,1,5-7,10-12,18H2,2-3H3. The molecule has 0 spiro atoms. The number of nitrogens with two attached hydrogens (primary N) is 1. The van der Waals surface area contributed by atoms with E-state index in [2.05, 4.69) is 26.5 Å². The lowest BCUT2D eigenvalue weighted by atomic mass is 10.0. The van der Waals surface area contributed by atoms with Crippen molar-refractivity contribution in [2.75, 3.05) is 13.2 Å². The van der Waals surface area contributed by atoms with Crippen molar-refractivity contribution in [3.8, 4) is 11.5 Å². The molecule has 1 rings (SSSR count). The van der Waals surface area contributed by atoms with E-state index >= 15 is 0 Å². The summed E-state index contributed by atoms with van der Waals surface area (Å²) in [6.45, 7) is 9.26. The maximum absolute atomic E-state index is 6.04. The second-order valence-electron chi connectivity index (χ2n) is 4.92. The first-order valence-corrected chi connectivity index (χ1v) is 7.46. The Balaban J connectivity index is 2.81. The fraction of sp³-hybridized carbons (Fsp3) is 0.529. The minimum absolute atomic E-state index is 0.166. The second kappa shape index (κ2) is 9.43. The first-order chi connectivity index (χ1) is 9.71. The first kappa shape index (κ1) is 16.6. The molecule has 0 bridgehead atoms. The molecule has 0 aromatic heterocycles. The van der Waals surface area contributed by atoms with Gasteiger partial charge in [0, 0.05) is 12.1 Å². The summed E-state index contributed by atoms with van der Waals surface area (Å²) in [6, 6.07) is 6.19. The third kappa shape index (κ3) is 5.66. The monoisotopic (exact) mass is 277 g/mol. The zero-order valence-corrected chi connectivity index (χ0v) is 12.7. The number of benzene rings is 1. The third-order valence-electron chi connectivity index (χ3n) is 3.10. The Kier molecular flexibility index (Phi) is 7.81. The molecular formula is C17H27NO2. The van der Waals surface area contributed by atoms with Crippen LogP contribution in [0.5, 0.6) is 11.5 Å². The van der Waals surface area contributed by atoms with E-state index in [0.717, 1.165) is 49.4 Å². The molecule has 0 amide bonds. The van der Waals surface area contributed by atoms with Crippen molar-refractivity contribution >= 4 is 0 Å². The molecule has 0 fully saturated rings. The van der Waals surface area contributed by atoms with E-state index in [1.54, 1.807) is 0 Å². The Bertz CT molecular complexity index is 404. The molecule has 20 heavy (non-hydrogen) atoms. The van der Waals surface area contributed by atoms with Gasteiger partial charge in [-0.05, 0) is 37.3 Å². The predicted octanol–water partition coefficient (Wildman–Crippen LogP) is 3.71. The van der Waals surface area contributed by atoms with Crippen LogP contribution in [-0.4, -0.2) is 19.3 Å². The molecule has 3 nitrogen and oxygen atoms in total. The second-order valence-corrected chi connectivity index (χ2v) is 4.92. The lowest BCUT2D eigenvalue weighted by Gasteiger charge is -2.16. The van der Waals surface area contributed by atoms with Crippen LogP contribution in [0, 0.1) is 0 Å². The van der Waals surface area contributed by atoms with Crippen molar-refractivity contribution in [3.05, 3.63) is 36.4 Å². The van der Waals surface area contributed by atoms with Crippen LogP contribution >= 0.6 is 0 Å². The molecule has 1 aromatic rings. The molecule has 0 aliphatic heterocycles. The summed E-state index contributed by atoms with van der Waals surface area (Å²) in [5.74, 6) is 1.73. The van der Waals surface area contributed by atoms with Gasteiger partial charge in [-0.25, -0.2) is 0 Å². The van der Waals surface area contributed by atoms with E-state index in [1.165, 1.54) is 0 Å². The maximum atomic E-state index is 6.04. The van der Waals surface area contributed by atoms with Crippen LogP contribution in [0.25, 0.3) is 0 Å². The van der Waals surface area contributed by atoms with Crippen molar-refractivity contribution in [1.82, 2.24) is 0 Å². The minimum Gasteiger partial charge on any atom is -0.493 e. The topological polar surface area (TPSA) is 44.5 Å². The van der Waals surface area contributed by atoms with Gasteiger partial charge in [-0.1, -0.05) is 26.0 Å². The van der Waals surface area contributed by atoms with E-state index in [1.807, 2.05) is 18.2 Å². The van der Waals surface area contributed by atoms with Crippen LogP contribution in [-0.2, 0) is 6.42 Å². The summed E-state index contributed by atoms with van der Waals surface area (Å²) >= 11 is 0. The fourth-order valence-electron chi connectivity index (χ4n) is 1.83. The quantitative estimate of drug-likeness (QED) is 0.524. The molecule has 2 N–H and O–H groups in total. The van der Waals surface area contributed by atoms with Crippen LogP contribution in [0.3, 0.4) is 0 Å². The van der Waals surface area contributed by atoms with Crippen molar-refractivity contribution in [2.45, 2.75) is 45.6 Å². The molecule has 0 aliphatic carbocycles. The van der Waals surface area contributed by atoms with Crippen LogP contribution in [0.4, 0.5) is 0 Å². The lowest BCUT2D eigenvalue weighted by molar-refractivity contribution is 0.302. The minimum atomic E-state index is 0.166. The molecule has 1 atom stereocenters. The average molecular weight is 277 g/mol. The summed E-state index contributed by atoms with van der Waals surface area (Å²) in [6.07, 6.45) is 5.47. The van der Waals surface area contributed by atoms with E-state index in [-0.39, 0.29) is 6.04 Å². The lowest BCUT2D eigenvalue weighted by Crippen LogP contribution is -2.21. The zero-order chi connectivity index (χ0) is 14.8. The van der Waals surface area contributed by atoms with Gasteiger partial charge < -0.3 is 15.2 Å². The molecule has 3 heteroatoms. The Morgan fingerprint density at radius 1 is 1.25 bits per heavy atom. The SMILES string of the molecule is C=CCCOc1cc(OCCC)ccc1CC(N)CC. The Morgan fingerprint density at radius 2 is 2.05 bits per heavy atom. The first-order valence-electron chi connectivity index (χ1n) is 7.46. The van der Waals surface area contributed by atoms with Crippen molar-refractivity contribution < 1.29 is 9.47 Å². The van der Waals surface area contributed by atoms with Crippen LogP contribution in [0.1, 0.15) is 38.7 Å². The summed E-state index contributed by atoms with van der Waals surface area (Å²) in [7, 11) is 0. The highest BCUT2D eigenvalue weighted by molar-refractivity contribution is 5.41. The third-order valence-corrected chi connectivity index (χ3v) is 3.10. The summed E-state index contributed by atoms with van der Waals surface area (Å²) in [4.78, 5) is 0. The Labute approximate surface area is 122 Å². The van der Waals surface area contributed by atoms with Gasteiger partial charge in [-0.2, -0.15) is 0 Å². The van der Waals surface area contributed by atoms with Crippen LogP contribution < -0.4 is 15.2 Å². The highest BCUT2D eigenvalue weighted by Crippen LogP contribution is 2.26. The van der Waals surface area contributed by atoms with Gasteiger partial charge in [-0.3, -0.25) is 0 Å². The number of hydrogen-bond donors (Lipinski definition) is 1. The van der Waals surface area contributed by atoms with Crippen molar-refractivity contribution in [1.29, 1.82) is 0 Å². The largest absolute Gasteiger partial charge is 0.493 e. The van der Waals surface area contributed by atoms with E-state index in [4.69, 9.17) is 15.2 Å². The van der Waals surface area contributed by atoms with Crippen molar-refractivity contribution in [3.63, 3.8) is 0 Å². The Morgan fingerprint density at radius 3 is 2.70 bits per heavy atom. The van der Waals surface area contributed by atoms with Gasteiger partial charge in [0.1, 0.15) is 11.5 Å².